The third-order valence-electron chi connectivity index (χ3n) is 5.70. The van der Waals surface area contributed by atoms with E-state index in [0.29, 0.717) is 17.1 Å². The van der Waals surface area contributed by atoms with Crippen LogP contribution in [-0.4, -0.2) is 105 Å². The lowest BCUT2D eigenvalue weighted by molar-refractivity contribution is -0.852. The molecule has 0 spiro atoms. The zero-order chi connectivity index (χ0) is 17.2. The van der Waals surface area contributed by atoms with Gasteiger partial charge in [-0.2, -0.15) is 4.79 Å². The Labute approximate surface area is 143 Å². The number of amides is 1. The van der Waals surface area contributed by atoms with Crippen molar-refractivity contribution < 1.29 is 23.5 Å². The molecule has 2 atom stereocenters. The summed E-state index contributed by atoms with van der Waals surface area (Å²) in [5.41, 5.74) is 0. The van der Waals surface area contributed by atoms with Crippen LogP contribution in [0.1, 0.15) is 12.8 Å². The molecule has 0 aromatic rings. The summed E-state index contributed by atoms with van der Waals surface area (Å²) in [6.07, 6.45) is 1.80. The van der Waals surface area contributed by atoms with E-state index in [4.69, 9.17) is 9.47 Å². The van der Waals surface area contributed by atoms with E-state index in [2.05, 4.69) is 15.1 Å². The first-order valence-corrected chi connectivity index (χ1v) is 8.83. The van der Waals surface area contributed by atoms with Crippen LogP contribution in [0, 0.1) is 0 Å². The summed E-state index contributed by atoms with van der Waals surface area (Å²) in [7, 11) is 3.43. The summed E-state index contributed by atoms with van der Waals surface area (Å²) in [4.78, 5) is 28.2. The van der Waals surface area contributed by atoms with Crippen LogP contribution in [0.3, 0.4) is 0 Å². The molecule has 0 aromatic carbocycles. The summed E-state index contributed by atoms with van der Waals surface area (Å²) < 4.78 is 10.9. The van der Waals surface area contributed by atoms with Crippen molar-refractivity contribution in [2.24, 2.45) is 0 Å². The first kappa shape index (κ1) is 17.6. The fourth-order valence-electron chi connectivity index (χ4n) is 3.99. The van der Waals surface area contributed by atoms with Gasteiger partial charge in [0.25, 0.3) is 0 Å². The van der Waals surface area contributed by atoms with Gasteiger partial charge in [-0.05, 0) is 0 Å². The van der Waals surface area contributed by atoms with Gasteiger partial charge >= 0.3 is 12.1 Å². The number of hydrogen-bond donors (Lipinski definition) is 1. The molecule has 8 nitrogen and oxygen atoms in total. The molecule has 0 aliphatic carbocycles. The van der Waals surface area contributed by atoms with E-state index in [1.54, 1.807) is 0 Å². The Balaban J connectivity index is 1.54. The van der Waals surface area contributed by atoms with Gasteiger partial charge < -0.3 is 14.8 Å². The number of nitrogens with one attached hydrogen (secondary N) is 1. The molecule has 3 aliphatic heterocycles. The van der Waals surface area contributed by atoms with E-state index in [9.17, 15) is 9.59 Å². The fraction of sp³-hybridized carbons (Fsp3) is 0.875. The molecule has 3 heterocycles. The third-order valence-corrected chi connectivity index (χ3v) is 5.70. The van der Waals surface area contributed by atoms with Crippen LogP contribution in [0.15, 0.2) is 0 Å². The van der Waals surface area contributed by atoms with Crippen LogP contribution in [0.5, 0.6) is 0 Å². The largest absolute Gasteiger partial charge is 0.517 e. The van der Waals surface area contributed by atoms with Crippen molar-refractivity contribution in [2.45, 2.75) is 25.1 Å². The minimum atomic E-state index is -0.203. The molecular formula is C16H29N4O4+. The van der Waals surface area contributed by atoms with Crippen LogP contribution >= 0.6 is 0 Å². The first-order chi connectivity index (χ1) is 11.5. The van der Waals surface area contributed by atoms with Gasteiger partial charge in [0.2, 0.25) is 6.23 Å². The molecule has 0 saturated carbocycles. The average molecular weight is 341 g/mol. The number of likely N-dealkylation sites (N-methyl/N-ethyl adjacent to an activating group) is 1. The number of hydrogen-bond acceptors (Lipinski definition) is 7. The van der Waals surface area contributed by atoms with Gasteiger partial charge in [-0.15, -0.1) is 0 Å². The standard InChI is InChI=1S/C16H29N4O4/c1-20(13-3-5-17-6-4-13)12-14(24-16(20)22)19-9-7-18(8-10-19)11-15(21)23-2/h13-14,17H,3-12H2,1-2H3/q+1. The normalized spacial score (nSPS) is 33.4. The van der Waals surface area contributed by atoms with E-state index >= 15 is 0 Å². The first-order valence-electron chi connectivity index (χ1n) is 8.83. The second kappa shape index (κ2) is 7.35. The number of quaternary nitrogens is 1. The van der Waals surface area contributed by atoms with Crippen LogP contribution in [0.4, 0.5) is 4.79 Å². The van der Waals surface area contributed by atoms with E-state index in [1.165, 1.54) is 7.11 Å². The van der Waals surface area contributed by atoms with Crippen molar-refractivity contribution in [3.8, 4) is 0 Å². The lowest BCUT2D eigenvalue weighted by Gasteiger charge is -2.37. The zero-order valence-electron chi connectivity index (χ0n) is 14.7. The smallest absolute Gasteiger partial charge is 0.468 e. The van der Waals surface area contributed by atoms with Crippen molar-refractivity contribution in [3.05, 3.63) is 0 Å². The highest BCUT2D eigenvalue weighted by molar-refractivity contribution is 5.71. The van der Waals surface area contributed by atoms with Crippen molar-refractivity contribution in [1.29, 1.82) is 0 Å². The van der Waals surface area contributed by atoms with Gasteiger partial charge in [-0.25, -0.2) is 4.48 Å². The Kier molecular flexibility index (Phi) is 5.39. The average Bonchev–Trinajstić information content (AvgIpc) is 2.92. The van der Waals surface area contributed by atoms with Crippen LogP contribution in [0.25, 0.3) is 0 Å². The maximum absolute atomic E-state index is 12.5. The topological polar surface area (TPSA) is 71.1 Å². The second-order valence-corrected chi connectivity index (χ2v) is 7.16. The van der Waals surface area contributed by atoms with Crippen molar-refractivity contribution in [1.82, 2.24) is 15.1 Å². The van der Waals surface area contributed by atoms with Crippen molar-refractivity contribution in [3.63, 3.8) is 0 Å². The van der Waals surface area contributed by atoms with Gasteiger partial charge in [0.1, 0.15) is 12.6 Å². The van der Waals surface area contributed by atoms with Gasteiger partial charge in [0, 0.05) is 52.1 Å². The molecule has 1 amide bonds. The Hall–Kier alpha value is -1.22. The van der Waals surface area contributed by atoms with Crippen LogP contribution in [-0.2, 0) is 14.3 Å². The fourth-order valence-corrected chi connectivity index (χ4v) is 3.99. The molecule has 3 rings (SSSR count). The molecule has 3 saturated heterocycles. The maximum Gasteiger partial charge on any atom is 0.517 e. The van der Waals surface area contributed by atoms with Crippen molar-refractivity contribution in [2.75, 3.05) is 66.5 Å². The summed E-state index contributed by atoms with van der Waals surface area (Å²) in [6.45, 7) is 6.20. The molecule has 0 aromatic heterocycles. The number of cyclic esters (lactones) is 1. The van der Waals surface area contributed by atoms with E-state index in [1.807, 2.05) is 7.05 Å². The lowest BCUT2D eigenvalue weighted by Crippen LogP contribution is -2.58. The molecule has 8 heteroatoms. The number of carbonyl (C=O) groups is 2. The molecule has 0 radical (unpaired) electrons. The number of rotatable bonds is 4. The van der Waals surface area contributed by atoms with E-state index in [0.717, 1.165) is 58.7 Å². The highest BCUT2D eigenvalue weighted by Gasteiger charge is 2.52. The Bertz CT molecular complexity index is 475. The lowest BCUT2D eigenvalue weighted by atomic mass is 10.0. The Morgan fingerprint density at radius 2 is 1.96 bits per heavy atom. The molecule has 136 valence electrons. The number of methoxy groups -OCH3 is 1. The summed E-state index contributed by atoms with van der Waals surface area (Å²) >= 11 is 0. The third kappa shape index (κ3) is 3.56. The van der Waals surface area contributed by atoms with Crippen LogP contribution in [0.2, 0.25) is 0 Å². The SMILES string of the molecule is COC(=O)CN1CCN(C2C[N+](C)(C3CCNCC3)C(=O)O2)CC1. The minimum Gasteiger partial charge on any atom is -0.468 e. The molecule has 1 N–H and O–H groups in total. The Morgan fingerprint density at radius 3 is 2.58 bits per heavy atom. The molecule has 3 aliphatic rings. The number of ether oxygens (including phenoxy) is 2. The number of nitrogens with zero attached hydrogens (tertiary/aromatic N) is 3. The molecule has 24 heavy (non-hydrogen) atoms. The monoisotopic (exact) mass is 341 g/mol. The highest BCUT2D eigenvalue weighted by atomic mass is 16.6. The Morgan fingerprint density at radius 1 is 1.29 bits per heavy atom. The molecule has 0 bridgehead atoms. The number of piperazine rings is 1. The summed E-state index contributed by atoms with van der Waals surface area (Å²) in [5.74, 6) is -0.203. The van der Waals surface area contributed by atoms with Crippen molar-refractivity contribution >= 4 is 12.1 Å². The molecule has 2 unspecified atom stereocenters. The second-order valence-electron chi connectivity index (χ2n) is 7.16. The predicted octanol–water partition coefficient (Wildman–Crippen LogP) is -0.548. The molecule has 3 fully saturated rings. The number of carbonyl (C=O) groups excluding carboxylic acids is 2. The summed E-state index contributed by atoms with van der Waals surface area (Å²) in [6, 6.07) is 0.351. The zero-order valence-corrected chi connectivity index (χ0v) is 14.7. The van der Waals surface area contributed by atoms with Gasteiger partial charge in [-0.1, -0.05) is 0 Å². The minimum absolute atomic E-state index is 0.0936. The predicted molar refractivity (Wildman–Crippen MR) is 87.2 cm³/mol. The van der Waals surface area contributed by atoms with E-state index in [-0.39, 0.29) is 18.3 Å². The number of piperidine rings is 1. The maximum atomic E-state index is 12.5. The quantitative estimate of drug-likeness (QED) is 0.543. The van der Waals surface area contributed by atoms with Gasteiger partial charge in [-0.3, -0.25) is 14.6 Å². The van der Waals surface area contributed by atoms with E-state index < -0.39 is 0 Å². The van der Waals surface area contributed by atoms with Gasteiger partial charge in [0.15, 0.2) is 0 Å². The summed E-state index contributed by atoms with van der Waals surface area (Å²) in [5, 5.41) is 3.35. The van der Waals surface area contributed by atoms with Gasteiger partial charge in [0.05, 0.1) is 20.7 Å². The number of esters is 1. The molecular weight excluding hydrogens is 312 g/mol. The highest BCUT2D eigenvalue weighted by Crippen LogP contribution is 2.29. The van der Waals surface area contributed by atoms with Crippen LogP contribution < -0.4 is 5.32 Å².